The molecule has 0 aliphatic rings. The first-order valence-electron chi connectivity index (χ1n) is 11.3. The van der Waals surface area contributed by atoms with Crippen LogP contribution < -0.4 is 5.32 Å². The van der Waals surface area contributed by atoms with E-state index in [9.17, 15) is 0 Å². The molecular formula is C23H49N2O4S2W-. The standard InChI is InChI=1S/C15H33N2O3S2.C6H10O.C2H6.W/c1-15(2,3)22-21-14(6-5-8-17-4)20-13-12-19-11-10-18-9-7-16;1-6(2)4-3-5-7;1-2;/h14,16-17H,5-13H2,1-4H3;6-7H,5H2,1-2H3;1-2H3;/q-1;;;. The molecule has 194 valence electrons. The Morgan fingerprint density at radius 2 is 1.59 bits per heavy atom. The number of hydrogen-bond acceptors (Lipinski definition) is 7. The summed E-state index contributed by atoms with van der Waals surface area (Å²) in [4.78, 5) is 0. The van der Waals surface area contributed by atoms with Gasteiger partial charge in [-0.2, -0.15) is 0 Å². The number of aliphatic hydroxyl groups excluding tert-OH is 1. The van der Waals surface area contributed by atoms with Crippen LogP contribution in [0.3, 0.4) is 0 Å². The van der Waals surface area contributed by atoms with Crippen molar-refractivity contribution in [3.63, 3.8) is 0 Å². The van der Waals surface area contributed by atoms with Gasteiger partial charge in [0.1, 0.15) is 12.0 Å². The Labute approximate surface area is 221 Å². The fraction of sp³-hybridized carbons (Fsp3) is 0.913. The Morgan fingerprint density at radius 1 is 1.03 bits per heavy atom. The summed E-state index contributed by atoms with van der Waals surface area (Å²) in [6, 6.07) is 0. The first-order valence-corrected chi connectivity index (χ1v) is 13.5. The van der Waals surface area contributed by atoms with E-state index < -0.39 is 0 Å². The molecule has 9 heteroatoms. The van der Waals surface area contributed by atoms with Crippen LogP contribution in [0.2, 0.25) is 0 Å². The quantitative estimate of drug-likeness (QED) is 0.107. The summed E-state index contributed by atoms with van der Waals surface area (Å²) in [5.74, 6) is 5.73. The second-order valence-corrected chi connectivity index (χ2v) is 10.6. The molecule has 0 bridgehead atoms. The van der Waals surface area contributed by atoms with Gasteiger partial charge in [0.25, 0.3) is 0 Å². The summed E-state index contributed by atoms with van der Waals surface area (Å²) in [6.45, 7) is 18.7. The Bertz CT molecular complexity index is 404. The third kappa shape index (κ3) is 41.0. The first kappa shape index (κ1) is 39.9. The van der Waals surface area contributed by atoms with Crippen molar-refractivity contribution in [3.8, 4) is 11.8 Å². The summed E-state index contributed by atoms with van der Waals surface area (Å²) < 4.78 is 16.8. The van der Waals surface area contributed by atoms with Gasteiger partial charge in [-0.05, 0) is 26.4 Å². The van der Waals surface area contributed by atoms with Crippen LogP contribution in [-0.2, 0) is 35.3 Å². The minimum Gasteiger partial charge on any atom is -0.676 e. The first-order chi connectivity index (χ1) is 14.8. The van der Waals surface area contributed by atoms with Gasteiger partial charge in [0, 0.05) is 38.3 Å². The van der Waals surface area contributed by atoms with E-state index in [1.807, 2.05) is 56.3 Å². The van der Waals surface area contributed by atoms with Crippen molar-refractivity contribution in [2.45, 2.75) is 71.5 Å². The van der Waals surface area contributed by atoms with Crippen molar-refractivity contribution in [2.24, 2.45) is 5.92 Å². The largest absolute Gasteiger partial charge is 0.676 e. The fourth-order valence-corrected chi connectivity index (χ4v) is 4.14. The molecule has 0 saturated carbocycles. The van der Waals surface area contributed by atoms with E-state index in [1.165, 1.54) is 0 Å². The molecule has 1 atom stereocenters. The molecule has 6 nitrogen and oxygen atoms in total. The van der Waals surface area contributed by atoms with E-state index in [2.05, 4.69) is 37.9 Å². The molecule has 0 amide bonds. The van der Waals surface area contributed by atoms with Gasteiger partial charge in [0.2, 0.25) is 0 Å². The van der Waals surface area contributed by atoms with Gasteiger partial charge >= 0.3 is 0 Å². The van der Waals surface area contributed by atoms with Crippen molar-refractivity contribution >= 4 is 21.6 Å². The summed E-state index contributed by atoms with van der Waals surface area (Å²) >= 11 is 0. The summed E-state index contributed by atoms with van der Waals surface area (Å²) in [5, 5.41) is 11.3. The second kappa shape index (κ2) is 31.7. The SMILES string of the molecule is CC.CC(C)C#CCO.CNCCCC(OCCOCCOCC[NH-])SSC(C)(C)C.[W]. The van der Waals surface area contributed by atoms with Crippen LogP contribution in [0.5, 0.6) is 0 Å². The van der Waals surface area contributed by atoms with E-state index in [0.29, 0.717) is 45.5 Å². The molecule has 0 heterocycles. The van der Waals surface area contributed by atoms with Crippen LogP contribution in [0, 0.1) is 17.8 Å². The Balaban J connectivity index is -0.000000332. The average molecular weight is 666 g/mol. The van der Waals surface area contributed by atoms with Crippen LogP contribution in [0.25, 0.3) is 5.73 Å². The van der Waals surface area contributed by atoms with Crippen LogP contribution in [0.15, 0.2) is 0 Å². The molecule has 0 aromatic heterocycles. The zero-order chi connectivity index (χ0) is 24.4. The van der Waals surface area contributed by atoms with Gasteiger partial charge in [0.05, 0.1) is 26.4 Å². The molecule has 0 radical (unpaired) electrons. The van der Waals surface area contributed by atoms with Crippen molar-refractivity contribution in [3.05, 3.63) is 5.73 Å². The number of hydrogen-bond donors (Lipinski definition) is 2. The minimum atomic E-state index is -0.0157. The van der Waals surface area contributed by atoms with Crippen LogP contribution >= 0.6 is 21.6 Å². The molecule has 0 aliphatic carbocycles. The summed E-state index contributed by atoms with van der Waals surface area (Å²) in [5.41, 5.74) is 7.16. The number of rotatable bonds is 15. The Morgan fingerprint density at radius 3 is 2.03 bits per heavy atom. The maximum atomic E-state index is 8.14. The Hall–Kier alpha value is 0.708. The summed E-state index contributed by atoms with van der Waals surface area (Å²) in [7, 11) is 5.66. The van der Waals surface area contributed by atoms with E-state index >= 15 is 0 Å². The molecule has 0 aromatic carbocycles. The second-order valence-electron chi connectivity index (χ2n) is 7.45. The van der Waals surface area contributed by atoms with Crippen molar-refractivity contribution in [1.29, 1.82) is 0 Å². The van der Waals surface area contributed by atoms with Gasteiger partial charge < -0.3 is 30.4 Å². The topological polar surface area (TPSA) is 83.8 Å². The minimum absolute atomic E-state index is 0. The molecule has 0 fully saturated rings. The number of ether oxygens (including phenoxy) is 3. The molecule has 0 saturated heterocycles. The number of aliphatic hydroxyl groups is 1. The molecular weight excluding hydrogens is 616 g/mol. The zero-order valence-corrected chi connectivity index (χ0v) is 26.2. The predicted molar refractivity (Wildman–Crippen MR) is 140 cm³/mol. The van der Waals surface area contributed by atoms with E-state index in [4.69, 9.17) is 25.1 Å². The molecule has 3 N–H and O–H groups in total. The molecule has 32 heavy (non-hydrogen) atoms. The average Bonchev–Trinajstić information content (AvgIpc) is 2.73. The van der Waals surface area contributed by atoms with Crippen molar-refractivity contribution < 1.29 is 40.4 Å². The molecule has 0 spiro atoms. The molecule has 0 aliphatic heterocycles. The maximum Gasteiger partial charge on any atom is 0.113 e. The Kier molecular flexibility index (Phi) is 39.5. The number of nitrogens with one attached hydrogen (secondary N) is 2. The third-order valence-electron chi connectivity index (χ3n) is 2.89. The van der Waals surface area contributed by atoms with Crippen LogP contribution in [0.4, 0.5) is 0 Å². The smallest absolute Gasteiger partial charge is 0.113 e. The summed E-state index contributed by atoms with van der Waals surface area (Å²) in [6.07, 6.45) is 2.15. The third-order valence-corrected chi connectivity index (χ3v) is 6.51. The predicted octanol–water partition coefficient (Wildman–Crippen LogP) is 5.26. The molecule has 1 unspecified atom stereocenters. The zero-order valence-electron chi connectivity index (χ0n) is 21.6. The molecule has 0 rings (SSSR count). The van der Waals surface area contributed by atoms with E-state index in [1.54, 1.807) is 0 Å². The normalized spacial score (nSPS) is 11.2. The van der Waals surface area contributed by atoms with Crippen LogP contribution in [0.1, 0.15) is 61.3 Å². The van der Waals surface area contributed by atoms with E-state index in [-0.39, 0.29) is 37.9 Å². The monoisotopic (exact) mass is 665 g/mol. The van der Waals surface area contributed by atoms with Gasteiger partial charge in [-0.15, -0.1) is 6.54 Å². The van der Waals surface area contributed by atoms with Crippen molar-refractivity contribution in [1.82, 2.24) is 5.32 Å². The van der Waals surface area contributed by atoms with Gasteiger partial charge in [0.15, 0.2) is 0 Å². The van der Waals surface area contributed by atoms with Gasteiger partial charge in [-0.1, -0.05) is 81.9 Å². The van der Waals surface area contributed by atoms with Crippen LogP contribution in [-0.4, -0.2) is 75.1 Å². The van der Waals surface area contributed by atoms with Gasteiger partial charge in [-0.3, -0.25) is 0 Å². The molecule has 0 aromatic rings. The van der Waals surface area contributed by atoms with Gasteiger partial charge in [-0.25, -0.2) is 0 Å². The fourth-order valence-electron chi connectivity index (χ4n) is 1.69. The van der Waals surface area contributed by atoms with E-state index in [0.717, 1.165) is 19.4 Å². The van der Waals surface area contributed by atoms with Crippen molar-refractivity contribution in [2.75, 3.05) is 59.8 Å². The maximum absolute atomic E-state index is 8.14.